The Morgan fingerprint density at radius 1 is 0.975 bits per heavy atom. The number of nitrogens with one attached hydrogen (secondary N) is 2. The van der Waals surface area contributed by atoms with Crippen LogP contribution in [0.25, 0.3) is 11.1 Å². The van der Waals surface area contributed by atoms with E-state index in [1.807, 2.05) is 55.5 Å². The van der Waals surface area contributed by atoms with Crippen molar-refractivity contribution in [3.63, 3.8) is 0 Å². The van der Waals surface area contributed by atoms with Crippen molar-refractivity contribution >= 4 is 29.1 Å². The summed E-state index contributed by atoms with van der Waals surface area (Å²) in [5.41, 5.74) is 4.64. The monoisotopic (exact) mass is 543 g/mol. The predicted octanol–water partition coefficient (Wildman–Crippen LogP) is 7.96. The first kappa shape index (κ1) is 29.2. The Morgan fingerprint density at radius 3 is 2.35 bits per heavy atom. The maximum absolute atomic E-state index is 13.2. The van der Waals surface area contributed by atoms with Crippen LogP contribution in [0.1, 0.15) is 68.3 Å². The molecule has 3 aromatic rings. The molecular formula is C33H41N3O4. The summed E-state index contributed by atoms with van der Waals surface area (Å²) in [7, 11) is 1.74. The number of hydrogen-bond acceptors (Lipinski definition) is 4. The maximum Gasteiger partial charge on any atom is 0.336 e. The van der Waals surface area contributed by atoms with E-state index < -0.39 is 5.97 Å². The van der Waals surface area contributed by atoms with E-state index in [-0.39, 0.29) is 17.2 Å². The lowest BCUT2D eigenvalue weighted by Gasteiger charge is -2.39. The van der Waals surface area contributed by atoms with Gasteiger partial charge in [-0.25, -0.2) is 9.59 Å². The number of urea groups is 1. The molecule has 0 heterocycles. The Balaban J connectivity index is 1.74. The molecule has 3 aromatic carbocycles. The molecule has 0 radical (unpaired) electrons. The molecule has 1 saturated carbocycles. The van der Waals surface area contributed by atoms with E-state index in [9.17, 15) is 14.7 Å². The average molecular weight is 544 g/mol. The van der Waals surface area contributed by atoms with Gasteiger partial charge in [0.15, 0.2) is 0 Å². The van der Waals surface area contributed by atoms with Crippen molar-refractivity contribution in [2.75, 3.05) is 29.2 Å². The zero-order chi connectivity index (χ0) is 28.7. The number of methoxy groups -OCH3 is 1. The van der Waals surface area contributed by atoms with Gasteiger partial charge in [-0.05, 0) is 81.5 Å². The second kappa shape index (κ2) is 13.0. The smallest absolute Gasteiger partial charge is 0.336 e. The lowest BCUT2D eigenvalue weighted by molar-refractivity contribution is 0.0167. The summed E-state index contributed by atoms with van der Waals surface area (Å²) in [6, 6.07) is 20.5. The quantitative estimate of drug-likeness (QED) is 0.241. The van der Waals surface area contributed by atoms with Crippen LogP contribution in [0.3, 0.4) is 0 Å². The first-order chi connectivity index (χ1) is 19.2. The molecule has 7 heteroatoms. The SMILES string of the molecule is COC(C)(C)CCN(c1ccc(-c2ccccc2C(=O)O)cc1NC(=O)Nc1ccc(C)cc1)C1CCCCC1. The van der Waals surface area contributed by atoms with Crippen LogP contribution in [-0.4, -0.2) is 42.4 Å². The molecule has 0 unspecified atom stereocenters. The largest absolute Gasteiger partial charge is 0.478 e. The molecule has 1 aliphatic carbocycles. The van der Waals surface area contributed by atoms with E-state index in [0.29, 0.717) is 23.0 Å². The van der Waals surface area contributed by atoms with Crippen LogP contribution >= 0.6 is 0 Å². The molecule has 0 saturated heterocycles. The summed E-state index contributed by atoms with van der Waals surface area (Å²) in [5, 5.41) is 15.8. The molecule has 2 amide bonds. The number of carbonyl (C=O) groups is 2. The van der Waals surface area contributed by atoms with E-state index in [1.54, 1.807) is 25.3 Å². The fourth-order valence-corrected chi connectivity index (χ4v) is 5.28. The summed E-state index contributed by atoms with van der Waals surface area (Å²) in [5.74, 6) is -0.989. The Labute approximate surface area is 237 Å². The highest BCUT2D eigenvalue weighted by Gasteiger charge is 2.27. The molecule has 0 aliphatic heterocycles. The van der Waals surface area contributed by atoms with Crippen molar-refractivity contribution in [1.82, 2.24) is 0 Å². The number of rotatable bonds is 10. The summed E-state index contributed by atoms with van der Waals surface area (Å²) in [6.45, 7) is 6.95. The second-order valence-corrected chi connectivity index (χ2v) is 11.2. The molecule has 212 valence electrons. The van der Waals surface area contributed by atoms with E-state index in [1.165, 1.54) is 19.3 Å². The van der Waals surface area contributed by atoms with Gasteiger partial charge < -0.3 is 25.4 Å². The van der Waals surface area contributed by atoms with Gasteiger partial charge in [-0.2, -0.15) is 0 Å². The summed E-state index contributed by atoms with van der Waals surface area (Å²) >= 11 is 0. The molecule has 0 bridgehead atoms. The normalized spacial score (nSPS) is 14.0. The van der Waals surface area contributed by atoms with Crippen molar-refractivity contribution in [3.05, 3.63) is 77.9 Å². The number of carboxylic acids is 1. The molecule has 0 atom stereocenters. The highest BCUT2D eigenvalue weighted by Crippen LogP contribution is 2.37. The van der Waals surface area contributed by atoms with Gasteiger partial charge in [0, 0.05) is 25.4 Å². The minimum absolute atomic E-state index is 0.219. The first-order valence-electron chi connectivity index (χ1n) is 14.1. The number of nitrogens with zero attached hydrogens (tertiary/aromatic N) is 1. The van der Waals surface area contributed by atoms with Gasteiger partial charge in [-0.15, -0.1) is 0 Å². The summed E-state index contributed by atoms with van der Waals surface area (Å²) < 4.78 is 5.73. The summed E-state index contributed by atoms with van der Waals surface area (Å²) in [4.78, 5) is 27.6. The van der Waals surface area contributed by atoms with Crippen LogP contribution in [0.15, 0.2) is 66.7 Å². The van der Waals surface area contributed by atoms with E-state index >= 15 is 0 Å². The Kier molecular flexibility index (Phi) is 9.48. The Morgan fingerprint density at radius 2 is 1.68 bits per heavy atom. The number of benzene rings is 3. The third-order valence-electron chi connectivity index (χ3n) is 7.85. The number of carbonyl (C=O) groups excluding carboxylic acids is 1. The molecule has 0 aromatic heterocycles. The standard InChI is InChI=1S/C33H41N3O4/c1-23-14-17-25(18-15-23)34-32(39)35-29-22-24(27-12-8-9-13-28(27)31(37)38)16-19-30(29)36(21-20-33(2,3)40-4)26-10-6-5-7-11-26/h8-9,12-19,22,26H,5-7,10-11,20-21H2,1-4H3,(H,37,38)(H2,34,35,39). The van der Waals surface area contributed by atoms with Gasteiger partial charge in [0.1, 0.15) is 0 Å². The van der Waals surface area contributed by atoms with E-state index in [4.69, 9.17) is 4.74 Å². The molecular weight excluding hydrogens is 502 g/mol. The van der Waals surface area contributed by atoms with E-state index in [2.05, 4.69) is 29.4 Å². The van der Waals surface area contributed by atoms with Crippen molar-refractivity contribution in [2.24, 2.45) is 0 Å². The van der Waals surface area contributed by atoms with Gasteiger partial charge in [-0.3, -0.25) is 0 Å². The number of carboxylic acid groups (broad SMARTS) is 1. The predicted molar refractivity (Wildman–Crippen MR) is 163 cm³/mol. The van der Waals surface area contributed by atoms with Crippen LogP contribution in [-0.2, 0) is 4.74 Å². The molecule has 1 aliphatic rings. The molecule has 4 rings (SSSR count). The first-order valence-corrected chi connectivity index (χ1v) is 14.1. The van der Waals surface area contributed by atoms with Crippen LogP contribution in [0.2, 0.25) is 0 Å². The molecule has 40 heavy (non-hydrogen) atoms. The van der Waals surface area contributed by atoms with Crippen molar-refractivity contribution in [2.45, 2.75) is 70.9 Å². The minimum Gasteiger partial charge on any atom is -0.478 e. The number of aromatic carboxylic acids is 1. The van der Waals surface area contributed by atoms with E-state index in [0.717, 1.165) is 42.6 Å². The number of ether oxygens (including phenoxy) is 1. The third kappa shape index (κ3) is 7.42. The fraction of sp³-hybridized carbons (Fsp3) is 0.394. The topological polar surface area (TPSA) is 90.9 Å². The molecule has 3 N–H and O–H groups in total. The number of amides is 2. The molecule has 0 spiro atoms. The van der Waals surface area contributed by atoms with Crippen molar-refractivity contribution < 1.29 is 19.4 Å². The Bertz CT molecular complexity index is 1310. The zero-order valence-corrected chi connectivity index (χ0v) is 24.0. The fourth-order valence-electron chi connectivity index (χ4n) is 5.28. The van der Waals surface area contributed by atoms with Crippen LogP contribution in [0.5, 0.6) is 0 Å². The molecule has 7 nitrogen and oxygen atoms in total. The zero-order valence-electron chi connectivity index (χ0n) is 24.0. The number of anilines is 3. The van der Waals surface area contributed by atoms with Crippen LogP contribution in [0, 0.1) is 6.92 Å². The lowest BCUT2D eigenvalue weighted by Crippen LogP contribution is -2.41. The summed E-state index contributed by atoms with van der Waals surface area (Å²) in [6.07, 6.45) is 6.59. The highest BCUT2D eigenvalue weighted by molar-refractivity contribution is 6.03. The van der Waals surface area contributed by atoms with Crippen LogP contribution in [0.4, 0.5) is 21.9 Å². The number of hydrogen-bond donors (Lipinski definition) is 3. The Hall–Kier alpha value is -3.84. The molecule has 1 fully saturated rings. The van der Waals surface area contributed by atoms with Gasteiger partial charge in [0.05, 0.1) is 22.5 Å². The second-order valence-electron chi connectivity index (χ2n) is 11.2. The van der Waals surface area contributed by atoms with Crippen LogP contribution < -0.4 is 15.5 Å². The van der Waals surface area contributed by atoms with Gasteiger partial charge >= 0.3 is 12.0 Å². The lowest BCUT2D eigenvalue weighted by atomic mass is 9.92. The van der Waals surface area contributed by atoms with Gasteiger partial charge in [-0.1, -0.05) is 61.2 Å². The van der Waals surface area contributed by atoms with Crippen molar-refractivity contribution in [1.29, 1.82) is 0 Å². The van der Waals surface area contributed by atoms with Gasteiger partial charge in [0.2, 0.25) is 0 Å². The van der Waals surface area contributed by atoms with Crippen molar-refractivity contribution in [3.8, 4) is 11.1 Å². The minimum atomic E-state index is -0.989. The third-order valence-corrected chi connectivity index (χ3v) is 7.85. The highest BCUT2D eigenvalue weighted by atomic mass is 16.5. The maximum atomic E-state index is 13.2. The number of aryl methyl sites for hydroxylation is 1. The average Bonchev–Trinajstić information content (AvgIpc) is 2.95. The van der Waals surface area contributed by atoms with Gasteiger partial charge in [0.25, 0.3) is 0 Å².